The van der Waals surface area contributed by atoms with Gasteiger partial charge >= 0.3 is 0 Å². The molecule has 4 heterocycles. The average Bonchev–Trinajstić information content (AvgIpc) is 3.25. The van der Waals surface area contributed by atoms with Crippen molar-refractivity contribution in [2.75, 3.05) is 18.0 Å². The van der Waals surface area contributed by atoms with E-state index in [0.717, 1.165) is 65.4 Å². The summed E-state index contributed by atoms with van der Waals surface area (Å²) in [5.41, 5.74) is 4.64. The molecule has 1 fully saturated rings. The van der Waals surface area contributed by atoms with Crippen molar-refractivity contribution in [3.63, 3.8) is 0 Å². The van der Waals surface area contributed by atoms with E-state index in [0.29, 0.717) is 12.1 Å². The first-order chi connectivity index (χ1) is 13.6. The summed E-state index contributed by atoms with van der Waals surface area (Å²) in [6.45, 7) is 6.36. The summed E-state index contributed by atoms with van der Waals surface area (Å²) in [4.78, 5) is 18.9. The van der Waals surface area contributed by atoms with Gasteiger partial charge in [0.05, 0.1) is 23.3 Å². The zero-order chi connectivity index (χ0) is 19.3. The maximum atomic E-state index is 11.8. The van der Waals surface area contributed by atoms with E-state index < -0.39 is 0 Å². The highest BCUT2D eigenvalue weighted by Gasteiger charge is 2.26. The molecule has 0 unspecified atom stereocenters. The number of carbonyl (C=O) groups excluding carboxylic acids is 1. The highest BCUT2D eigenvalue weighted by molar-refractivity contribution is 5.98. The van der Waals surface area contributed by atoms with E-state index >= 15 is 0 Å². The van der Waals surface area contributed by atoms with E-state index in [1.165, 1.54) is 0 Å². The number of carbonyl (C=O) groups is 1. The van der Waals surface area contributed by atoms with E-state index in [2.05, 4.69) is 26.5 Å². The van der Waals surface area contributed by atoms with E-state index in [1.807, 2.05) is 32.0 Å². The number of nitrogens with zero attached hydrogens (tertiary/aromatic N) is 3. The molecule has 0 saturated carbocycles. The van der Waals surface area contributed by atoms with Gasteiger partial charge in [0.25, 0.3) is 5.91 Å². The number of pyridine rings is 1. The van der Waals surface area contributed by atoms with Crippen LogP contribution in [0.3, 0.4) is 0 Å². The molecule has 7 nitrogen and oxygen atoms in total. The molecule has 0 radical (unpaired) electrons. The van der Waals surface area contributed by atoms with Crippen molar-refractivity contribution in [2.24, 2.45) is 0 Å². The van der Waals surface area contributed by atoms with Crippen LogP contribution in [-0.2, 0) is 6.54 Å². The molecular formula is C21H23N5O2. The van der Waals surface area contributed by atoms with Crippen molar-refractivity contribution in [1.29, 1.82) is 0 Å². The van der Waals surface area contributed by atoms with Gasteiger partial charge < -0.3 is 15.0 Å². The molecule has 0 bridgehead atoms. The molecular weight excluding hydrogens is 354 g/mol. The Labute approximate surface area is 163 Å². The second kappa shape index (κ2) is 6.51. The van der Waals surface area contributed by atoms with Gasteiger partial charge in [0, 0.05) is 37.0 Å². The van der Waals surface area contributed by atoms with Crippen LogP contribution in [0.4, 0.5) is 5.82 Å². The number of amides is 1. The summed E-state index contributed by atoms with van der Waals surface area (Å²) in [6.07, 6.45) is 2.08. The van der Waals surface area contributed by atoms with E-state index in [1.54, 1.807) is 0 Å². The molecule has 0 atom stereocenters. The Morgan fingerprint density at radius 1 is 1.18 bits per heavy atom. The third-order valence-electron chi connectivity index (χ3n) is 5.69. The number of ether oxygens (including phenoxy) is 1. The maximum Gasteiger partial charge on any atom is 0.253 e. The van der Waals surface area contributed by atoms with Crippen molar-refractivity contribution < 1.29 is 9.53 Å². The van der Waals surface area contributed by atoms with Gasteiger partial charge in [-0.15, -0.1) is 0 Å². The largest absolute Gasteiger partial charge is 0.490 e. The molecule has 2 aromatic heterocycles. The summed E-state index contributed by atoms with van der Waals surface area (Å²) in [7, 11) is 0. The monoisotopic (exact) mass is 377 g/mol. The van der Waals surface area contributed by atoms with Gasteiger partial charge in [-0.1, -0.05) is 0 Å². The van der Waals surface area contributed by atoms with Gasteiger partial charge in [-0.25, -0.2) is 4.98 Å². The number of aromatic amines is 1. The Bertz CT molecular complexity index is 1070. The van der Waals surface area contributed by atoms with Crippen LogP contribution in [0.5, 0.6) is 5.75 Å². The number of hydrogen-bond acceptors (Lipinski definition) is 5. The third kappa shape index (κ3) is 2.87. The minimum atomic E-state index is -0.0194. The predicted octanol–water partition coefficient (Wildman–Crippen LogP) is 2.87. The van der Waals surface area contributed by atoms with Crippen LogP contribution in [0, 0.1) is 13.8 Å². The minimum Gasteiger partial charge on any atom is -0.490 e. The zero-order valence-electron chi connectivity index (χ0n) is 16.1. The van der Waals surface area contributed by atoms with Crippen molar-refractivity contribution in [2.45, 2.75) is 39.3 Å². The number of hydrogen-bond donors (Lipinski definition) is 2. The smallest absolute Gasteiger partial charge is 0.253 e. The summed E-state index contributed by atoms with van der Waals surface area (Å²) in [5, 5.41) is 11.2. The maximum absolute atomic E-state index is 11.8. The van der Waals surface area contributed by atoms with E-state index in [4.69, 9.17) is 9.72 Å². The normalized spacial score (nSPS) is 17.1. The van der Waals surface area contributed by atoms with Crippen LogP contribution >= 0.6 is 0 Å². The first kappa shape index (κ1) is 17.0. The molecule has 0 aliphatic carbocycles. The van der Waals surface area contributed by atoms with Gasteiger partial charge in [0.15, 0.2) is 0 Å². The lowest BCUT2D eigenvalue weighted by Crippen LogP contribution is -2.39. The van der Waals surface area contributed by atoms with Gasteiger partial charge in [-0.3, -0.25) is 9.89 Å². The van der Waals surface area contributed by atoms with Crippen LogP contribution in [-0.4, -0.2) is 40.3 Å². The van der Waals surface area contributed by atoms with Crippen molar-refractivity contribution >= 4 is 22.6 Å². The number of nitrogens with one attached hydrogen (secondary N) is 2. The zero-order valence-corrected chi connectivity index (χ0v) is 16.1. The van der Waals surface area contributed by atoms with Crippen molar-refractivity contribution in [3.8, 4) is 5.75 Å². The second-order valence-corrected chi connectivity index (χ2v) is 7.64. The van der Waals surface area contributed by atoms with Crippen LogP contribution < -0.4 is 15.0 Å². The van der Waals surface area contributed by atoms with Gasteiger partial charge in [0.1, 0.15) is 17.7 Å². The van der Waals surface area contributed by atoms with E-state index in [-0.39, 0.29) is 12.0 Å². The molecule has 144 valence electrons. The molecule has 1 saturated heterocycles. The van der Waals surface area contributed by atoms with Crippen LogP contribution in [0.1, 0.15) is 40.2 Å². The molecule has 2 N–H and O–H groups in total. The lowest BCUT2D eigenvalue weighted by atomic mass is 10.1. The Hall–Kier alpha value is -3.09. The Kier molecular flexibility index (Phi) is 3.96. The highest BCUT2D eigenvalue weighted by atomic mass is 16.5. The fourth-order valence-electron chi connectivity index (χ4n) is 4.12. The number of benzene rings is 1. The number of aryl methyl sites for hydroxylation is 2. The summed E-state index contributed by atoms with van der Waals surface area (Å²) >= 11 is 0. The molecule has 1 aromatic carbocycles. The number of piperidine rings is 1. The van der Waals surface area contributed by atoms with E-state index in [9.17, 15) is 4.79 Å². The first-order valence-corrected chi connectivity index (χ1v) is 9.73. The van der Waals surface area contributed by atoms with Crippen molar-refractivity contribution in [1.82, 2.24) is 20.5 Å². The fourth-order valence-corrected chi connectivity index (χ4v) is 4.12. The SMILES string of the molecule is Cc1cc2c(nc1N1CCC(Oc3ccc4n[nH]c(C)c4c3)CC1)CNC2=O. The van der Waals surface area contributed by atoms with Crippen LogP contribution in [0.2, 0.25) is 0 Å². The number of fused-ring (bicyclic) bond motifs is 2. The lowest BCUT2D eigenvalue weighted by Gasteiger charge is -2.34. The highest BCUT2D eigenvalue weighted by Crippen LogP contribution is 2.28. The minimum absolute atomic E-state index is 0.0194. The first-order valence-electron chi connectivity index (χ1n) is 9.73. The van der Waals surface area contributed by atoms with Gasteiger partial charge in [-0.05, 0) is 43.7 Å². The lowest BCUT2D eigenvalue weighted by molar-refractivity contribution is 0.0965. The summed E-state index contributed by atoms with van der Waals surface area (Å²) in [6, 6.07) is 8.02. The topological polar surface area (TPSA) is 83.1 Å². The Morgan fingerprint density at radius 2 is 2.00 bits per heavy atom. The van der Waals surface area contributed by atoms with Crippen molar-refractivity contribution in [3.05, 3.63) is 46.8 Å². The summed E-state index contributed by atoms with van der Waals surface area (Å²) < 4.78 is 6.25. The molecule has 5 rings (SSSR count). The molecule has 28 heavy (non-hydrogen) atoms. The standard InChI is InChI=1S/C21H23N5O2/c1-12-9-17-19(11-22-21(17)27)23-20(12)26-7-5-14(6-8-26)28-15-3-4-18-16(10-15)13(2)24-25-18/h3-4,9-10,14H,5-8,11H2,1-2H3,(H,22,27)(H,24,25). The Morgan fingerprint density at radius 3 is 2.82 bits per heavy atom. The molecule has 2 aliphatic rings. The second-order valence-electron chi connectivity index (χ2n) is 7.64. The van der Waals surface area contributed by atoms with Crippen LogP contribution in [0.25, 0.3) is 10.9 Å². The van der Waals surface area contributed by atoms with Gasteiger partial charge in [0.2, 0.25) is 0 Å². The molecule has 3 aromatic rings. The number of H-pyrrole nitrogens is 1. The summed E-state index contributed by atoms with van der Waals surface area (Å²) in [5.74, 6) is 1.87. The molecule has 2 aliphatic heterocycles. The number of aromatic nitrogens is 3. The number of anilines is 1. The Balaban J connectivity index is 1.27. The van der Waals surface area contributed by atoms with Gasteiger partial charge in [-0.2, -0.15) is 5.10 Å². The molecule has 0 spiro atoms. The predicted molar refractivity (Wildman–Crippen MR) is 107 cm³/mol. The third-order valence-corrected chi connectivity index (χ3v) is 5.69. The fraction of sp³-hybridized carbons (Fsp3) is 0.381. The van der Waals surface area contributed by atoms with Crippen LogP contribution in [0.15, 0.2) is 24.3 Å². The average molecular weight is 377 g/mol. The quantitative estimate of drug-likeness (QED) is 0.733. The number of rotatable bonds is 3. The molecule has 7 heteroatoms. The molecule has 1 amide bonds.